The van der Waals surface area contributed by atoms with Crippen molar-refractivity contribution >= 4 is 60.8 Å². The Kier molecular flexibility index (Phi) is 2.72. The molecule has 0 spiro atoms. The smallest absolute Gasteiger partial charge is 0.0554 e. The first-order valence-corrected chi connectivity index (χ1v) is 7.66. The van der Waals surface area contributed by atoms with Crippen LogP contribution >= 0.6 is 0 Å². The van der Waals surface area contributed by atoms with Gasteiger partial charge in [-0.15, -0.1) is 0 Å². The summed E-state index contributed by atoms with van der Waals surface area (Å²) in [5.74, 6) is 0. The highest BCUT2D eigenvalue weighted by atomic mass is 14.7. The standard InChI is InChI=1S/C19H19N5/c1-8-2-9-10(3-15(8)20)12-5-17(22)19(24)7-14(12)13-6-18(23)16(21)4-11(9)13/h2-7H,20-24H2,1H3. The van der Waals surface area contributed by atoms with Gasteiger partial charge in [0.25, 0.3) is 0 Å². The highest BCUT2D eigenvalue weighted by Crippen LogP contribution is 2.41. The predicted octanol–water partition coefficient (Wildman–Crippen LogP) is 3.37. The van der Waals surface area contributed by atoms with E-state index in [9.17, 15) is 0 Å². The van der Waals surface area contributed by atoms with Crippen LogP contribution in [0.25, 0.3) is 32.3 Å². The number of benzene rings is 4. The first kappa shape index (κ1) is 14.3. The van der Waals surface area contributed by atoms with Gasteiger partial charge >= 0.3 is 0 Å². The van der Waals surface area contributed by atoms with E-state index >= 15 is 0 Å². The minimum absolute atomic E-state index is 0.540. The van der Waals surface area contributed by atoms with E-state index in [-0.39, 0.29) is 0 Å². The molecule has 0 saturated heterocycles. The average molecular weight is 317 g/mol. The lowest BCUT2D eigenvalue weighted by atomic mass is 9.91. The van der Waals surface area contributed by atoms with Gasteiger partial charge in [-0.05, 0) is 81.2 Å². The molecule has 0 radical (unpaired) electrons. The molecule has 4 aromatic carbocycles. The summed E-state index contributed by atoms with van der Waals surface area (Å²) in [6.07, 6.45) is 0. The summed E-state index contributed by atoms with van der Waals surface area (Å²) >= 11 is 0. The Balaban J connectivity index is 2.40. The fraction of sp³-hybridized carbons (Fsp3) is 0.0526. The number of hydrogen-bond acceptors (Lipinski definition) is 5. The third-order valence-corrected chi connectivity index (χ3v) is 4.72. The second-order valence-electron chi connectivity index (χ2n) is 6.31. The molecule has 0 saturated carbocycles. The van der Waals surface area contributed by atoms with E-state index in [1.54, 1.807) is 0 Å². The van der Waals surface area contributed by atoms with E-state index in [1.807, 2.05) is 37.3 Å². The van der Waals surface area contributed by atoms with Crippen molar-refractivity contribution in [2.24, 2.45) is 0 Å². The number of aryl methyl sites for hydroxylation is 1. The lowest BCUT2D eigenvalue weighted by Gasteiger charge is -2.15. The molecule has 0 aliphatic heterocycles. The molecule has 0 aliphatic rings. The predicted molar refractivity (Wildman–Crippen MR) is 106 cm³/mol. The lowest BCUT2D eigenvalue weighted by Crippen LogP contribution is -1.98. The zero-order valence-corrected chi connectivity index (χ0v) is 13.4. The van der Waals surface area contributed by atoms with Crippen molar-refractivity contribution in [3.63, 3.8) is 0 Å². The topological polar surface area (TPSA) is 130 Å². The Bertz CT molecular complexity index is 894. The van der Waals surface area contributed by atoms with Crippen LogP contribution in [-0.2, 0) is 0 Å². The van der Waals surface area contributed by atoms with Crippen molar-refractivity contribution in [2.45, 2.75) is 6.92 Å². The van der Waals surface area contributed by atoms with Crippen LogP contribution < -0.4 is 28.7 Å². The minimum Gasteiger partial charge on any atom is -0.398 e. The van der Waals surface area contributed by atoms with Crippen LogP contribution in [0, 0.1) is 6.92 Å². The summed E-state index contributed by atoms with van der Waals surface area (Å²) in [6.45, 7) is 1.99. The van der Waals surface area contributed by atoms with Crippen molar-refractivity contribution < 1.29 is 0 Å². The summed E-state index contributed by atoms with van der Waals surface area (Å²) in [5, 5.41) is 6.10. The van der Waals surface area contributed by atoms with Crippen LogP contribution in [0.15, 0.2) is 36.4 Å². The number of fused-ring (bicyclic) bond motifs is 6. The van der Waals surface area contributed by atoms with E-state index in [0.717, 1.165) is 43.6 Å². The highest BCUT2D eigenvalue weighted by Gasteiger charge is 2.13. The molecule has 0 unspecified atom stereocenters. The van der Waals surface area contributed by atoms with Gasteiger partial charge in [0.1, 0.15) is 0 Å². The van der Waals surface area contributed by atoms with Crippen molar-refractivity contribution in [2.75, 3.05) is 28.7 Å². The summed E-state index contributed by atoms with van der Waals surface area (Å²) < 4.78 is 0. The van der Waals surface area contributed by atoms with Crippen molar-refractivity contribution in [3.05, 3.63) is 42.0 Å². The third kappa shape index (κ3) is 1.81. The number of hydrogen-bond donors (Lipinski definition) is 5. The number of nitrogens with two attached hydrogens (primary N) is 5. The highest BCUT2D eigenvalue weighted by molar-refractivity contribution is 6.27. The molecule has 0 fully saturated rings. The molecule has 0 heterocycles. The number of rotatable bonds is 0. The van der Waals surface area contributed by atoms with Gasteiger partial charge in [-0.2, -0.15) is 0 Å². The average Bonchev–Trinajstić information content (AvgIpc) is 2.53. The van der Waals surface area contributed by atoms with Gasteiger partial charge in [0, 0.05) is 5.69 Å². The monoisotopic (exact) mass is 317 g/mol. The first-order chi connectivity index (χ1) is 11.4. The van der Waals surface area contributed by atoms with Gasteiger partial charge in [-0.3, -0.25) is 0 Å². The summed E-state index contributed by atoms with van der Waals surface area (Å²) in [5.41, 5.74) is 34.3. The van der Waals surface area contributed by atoms with Gasteiger partial charge in [0.2, 0.25) is 0 Å². The van der Waals surface area contributed by atoms with Crippen LogP contribution in [0.5, 0.6) is 0 Å². The second kappa shape index (κ2) is 4.58. The maximum atomic E-state index is 6.14. The fourth-order valence-corrected chi connectivity index (χ4v) is 3.33. The van der Waals surface area contributed by atoms with E-state index < -0.39 is 0 Å². The number of anilines is 5. The van der Waals surface area contributed by atoms with Crippen molar-refractivity contribution in [1.29, 1.82) is 0 Å². The van der Waals surface area contributed by atoms with Crippen molar-refractivity contribution in [3.8, 4) is 0 Å². The summed E-state index contributed by atoms with van der Waals surface area (Å²) in [7, 11) is 0. The molecule has 10 N–H and O–H groups in total. The second-order valence-corrected chi connectivity index (χ2v) is 6.31. The molecule has 0 bridgehead atoms. The van der Waals surface area contributed by atoms with Crippen LogP contribution in [0.2, 0.25) is 0 Å². The SMILES string of the molecule is Cc1cc2c(cc1N)c1cc(N)c(N)cc1c1cc(N)c(N)cc21. The zero-order valence-electron chi connectivity index (χ0n) is 13.4. The van der Waals surface area contributed by atoms with Crippen molar-refractivity contribution in [1.82, 2.24) is 0 Å². The van der Waals surface area contributed by atoms with E-state index in [1.165, 1.54) is 0 Å². The maximum Gasteiger partial charge on any atom is 0.0554 e. The van der Waals surface area contributed by atoms with Crippen LogP contribution in [0.1, 0.15) is 5.56 Å². The summed E-state index contributed by atoms with van der Waals surface area (Å²) in [4.78, 5) is 0. The van der Waals surface area contributed by atoms with E-state index in [4.69, 9.17) is 28.7 Å². The van der Waals surface area contributed by atoms with Gasteiger partial charge in [0.15, 0.2) is 0 Å². The van der Waals surface area contributed by atoms with Gasteiger partial charge < -0.3 is 28.7 Å². The fourth-order valence-electron chi connectivity index (χ4n) is 3.33. The molecule has 4 aromatic rings. The molecule has 0 aromatic heterocycles. The third-order valence-electron chi connectivity index (χ3n) is 4.72. The minimum atomic E-state index is 0.540. The van der Waals surface area contributed by atoms with Gasteiger partial charge in [0.05, 0.1) is 22.7 Å². The van der Waals surface area contributed by atoms with Gasteiger partial charge in [-0.1, -0.05) is 0 Å². The Morgan fingerprint density at radius 3 is 1.00 bits per heavy atom. The van der Waals surface area contributed by atoms with E-state index in [2.05, 4.69) is 6.07 Å². The van der Waals surface area contributed by atoms with Crippen LogP contribution in [0.4, 0.5) is 28.4 Å². The largest absolute Gasteiger partial charge is 0.398 e. The number of nitrogen functional groups attached to an aromatic ring is 5. The normalized spacial score (nSPS) is 11.5. The molecular formula is C19H19N5. The van der Waals surface area contributed by atoms with Crippen LogP contribution in [0.3, 0.4) is 0 Å². The first-order valence-electron chi connectivity index (χ1n) is 7.66. The zero-order chi connectivity index (χ0) is 17.2. The quantitative estimate of drug-likeness (QED) is 0.251. The molecule has 0 amide bonds. The Morgan fingerprint density at radius 1 is 0.417 bits per heavy atom. The molecule has 0 atom stereocenters. The molecule has 5 nitrogen and oxygen atoms in total. The maximum absolute atomic E-state index is 6.14. The van der Waals surface area contributed by atoms with Crippen LogP contribution in [-0.4, -0.2) is 0 Å². The van der Waals surface area contributed by atoms with Gasteiger partial charge in [-0.25, -0.2) is 0 Å². The Morgan fingerprint density at radius 2 is 0.667 bits per heavy atom. The Hall–Kier alpha value is -3.34. The summed E-state index contributed by atoms with van der Waals surface area (Å²) in [6, 6.07) is 11.7. The lowest BCUT2D eigenvalue weighted by molar-refractivity contribution is 1.51. The van der Waals surface area contributed by atoms with E-state index in [0.29, 0.717) is 22.7 Å². The molecule has 24 heavy (non-hydrogen) atoms. The molecule has 120 valence electrons. The molecule has 0 aliphatic carbocycles. The molecule has 4 rings (SSSR count). The molecular weight excluding hydrogens is 298 g/mol. The Labute approximate surface area is 139 Å². The molecule has 5 heteroatoms.